The van der Waals surface area contributed by atoms with Crippen LogP contribution >= 0.6 is 11.3 Å². The molecule has 0 atom stereocenters. The molecule has 122 valence electrons. The van der Waals surface area contributed by atoms with Gasteiger partial charge in [0.15, 0.2) is 5.13 Å². The molecule has 2 N–H and O–H groups in total. The monoisotopic (exact) mass is 338 g/mol. The zero-order valence-electron chi connectivity index (χ0n) is 13.8. The molecule has 0 aliphatic rings. The Hall–Kier alpha value is -2.73. The van der Waals surface area contributed by atoms with Crippen LogP contribution in [0.2, 0.25) is 0 Å². The van der Waals surface area contributed by atoms with Crippen molar-refractivity contribution in [2.75, 3.05) is 10.6 Å². The molecule has 2 heterocycles. The quantitative estimate of drug-likeness (QED) is 0.737. The van der Waals surface area contributed by atoms with E-state index in [1.807, 2.05) is 51.1 Å². The number of para-hydroxylation sites is 1. The molecule has 0 unspecified atom stereocenters. The first kappa shape index (κ1) is 16.1. The third kappa shape index (κ3) is 3.60. The molecule has 0 bridgehead atoms. The molecule has 0 radical (unpaired) electrons. The molecule has 5 nitrogen and oxygen atoms in total. The van der Waals surface area contributed by atoms with Crippen LogP contribution in [0.1, 0.15) is 26.4 Å². The number of nitrogens with one attached hydrogen (secondary N) is 2. The van der Waals surface area contributed by atoms with Crippen LogP contribution in [-0.2, 0) is 0 Å². The molecule has 0 fully saturated rings. The first-order valence-electron chi connectivity index (χ1n) is 7.56. The zero-order chi connectivity index (χ0) is 17.1. The molecule has 24 heavy (non-hydrogen) atoms. The molecular weight excluding hydrogens is 320 g/mol. The van der Waals surface area contributed by atoms with Crippen LogP contribution in [0.3, 0.4) is 0 Å². The number of carbonyl (C=O) groups excluding carboxylic acids is 1. The first-order valence-corrected chi connectivity index (χ1v) is 8.37. The molecule has 3 aromatic rings. The Morgan fingerprint density at radius 3 is 2.54 bits per heavy atom. The lowest BCUT2D eigenvalue weighted by atomic mass is 10.1. The number of nitrogens with zero attached hydrogens (tertiary/aromatic N) is 2. The van der Waals surface area contributed by atoms with E-state index in [9.17, 15) is 4.79 Å². The smallest absolute Gasteiger partial charge is 0.267 e. The average molecular weight is 338 g/mol. The predicted octanol–water partition coefficient (Wildman–Crippen LogP) is 4.46. The third-order valence-electron chi connectivity index (χ3n) is 3.60. The molecule has 0 aliphatic heterocycles. The van der Waals surface area contributed by atoms with Gasteiger partial charge in [-0.25, -0.2) is 9.97 Å². The summed E-state index contributed by atoms with van der Waals surface area (Å²) in [5, 5.41) is 6.73. The Bertz CT molecular complexity index is 868. The van der Waals surface area contributed by atoms with Gasteiger partial charge >= 0.3 is 0 Å². The summed E-state index contributed by atoms with van der Waals surface area (Å²) in [7, 11) is 0. The van der Waals surface area contributed by atoms with Crippen LogP contribution < -0.4 is 10.6 Å². The molecule has 0 saturated heterocycles. The van der Waals surface area contributed by atoms with Gasteiger partial charge in [-0.3, -0.25) is 4.79 Å². The standard InChI is InChI=1S/C18H18N4OS/c1-11-7-8-19-15(9-11)21-18-20-10-14(24-18)17(23)22-16-12(2)5-4-6-13(16)3/h4-10H,1-3H3,(H,22,23)(H,19,20,21). The van der Waals surface area contributed by atoms with Crippen molar-refractivity contribution in [1.82, 2.24) is 9.97 Å². The van der Waals surface area contributed by atoms with Crippen molar-refractivity contribution in [3.8, 4) is 0 Å². The second-order valence-electron chi connectivity index (χ2n) is 5.59. The molecule has 2 aromatic heterocycles. The van der Waals surface area contributed by atoms with Crippen molar-refractivity contribution in [2.45, 2.75) is 20.8 Å². The number of hydrogen-bond donors (Lipinski definition) is 2. The molecule has 0 aliphatic carbocycles. The van der Waals surface area contributed by atoms with Crippen molar-refractivity contribution in [2.24, 2.45) is 0 Å². The van der Waals surface area contributed by atoms with Crippen molar-refractivity contribution < 1.29 is 4.79 Å². The van der Waals surface area contributed by atoms with Gasteiger partial charge in [0.2, 0.25) is 0 Å². The number of benzene rings is 1. The van der Waals surface area contributed by atoms with Crippen LogP contribution in [-0.4, -0.2) is 15.9 Å². The molecule has 1 aromatic carbocycles. The van der Waals surface area contributed by atoms with E-state index in [2.05, 4.69) is 20.6 Å². The van der Waals surface area contributed by atoms with E-state index in [0.717, 1.165) is 22.4 Å². The zero-order valence-corrected chi connectivity index (χ0v) is 14.6. The highest BCUT2D eigenvalue weighted by Crippen LogP contribution is 2.25. The van der Waals surface area contributed by atoms with Gasteiger partial charge in [-0.05, 0) is 49.6 Å². The van der Waals surface area contributed by atoms with Gasteiger partial charge in [0, 0.05) is 11.9 Å². The minimum absolute atomic E-state index is 0.157. The Morgan fingerprint density at radius 1 is 1.08 bits per heavy atom. The van der Waals surface area contributed by atoms with Crippen LogP contribution in [0.5, 0.6) is 0 Å². The highest BCUT2D eigenvalue weighted by molar-refractivity contribution is 7.17. The summed E-state index contributed by atoms with van der Waals surface area (Å²) < 4.78 is 0. The highest BCUT2D eigenvalue weighted by Gasteiger charge is 2.13. The van der Waals surface area contributed by atoms with Gasteiger partial charge in [-0.1, -0.05) is 29.5 Å². The molecule has 1 amide bonds. The summed E-state index contributed by atoms with van der Waals surface area (Å²) in [4.78, 5) is 21.5. The van der Waals surface area contributed by atoms with Gasteiger partial charge in [-0.2, -0.15) is 0 Å². The van der Waals surface area contributed by atoms with Crippen LogP contribution in [0.25, 0.3) is 0 Å². The largest absolute Gasteiger partial charge is 0.321 e. The highest BCUT2D eigenvalue weighted by atomic mass is 32.1. The van der Waals surface area contributed by atoms with E-state index < -0.39 is 0 Å². The molecule has 0 spiro atoms. The number of aryl methyl sites for hydroxylation is 3. The van der Waals surface area contributed by atoms with E-state index in [-0.39, 0.29) is 5.91 Å². The topological polar surface area (TPSA) is 66.9 Å². The van der Waals surface area contributed by atoms with Crippen molar-refractivity contribution in [3.05, 3.63) is 64.3 Å². The third-order valence-corrected chi connectivity index (χ3v) is 4.51. The van der Waals surface area contributed by atoms with Crippen molar-refractivity contribution in [3.63, 3.8) is 0 Å². The second-order valence-corrected chi connectivity index (χ2v) is 6.62. The number of anilines is 3. The number of carbonyl (C=O) groups is 1. The summed E-state index contributed by atoms with van der Waals surface area (Å²) in [6, 6.07) is 9.79. The van der Waals surface area contributed by atoms with E-state index in [1.54, 1.807) is 12.4 Å². The van der Waals surface area contributed by atoms with Gasteiger partial charge in [-0.15, -0.1) is 0 Å². The maximum absolute atomic E-state index is 12.5. The maximum atomic E-state index is 12.5. The normalized spacial score (nSPS) is 10.5. The van der Waals surface area contributed by atoms with E-state index in [4.69, 9.17) is 0 Å². The second kappa shape index (κ2) is 6.80. The minimum atomic E-state index is -0.157. The molecular formula is C18H18N4OS. The fraction of sp³-hybridized carbons (Fsp3) is 0.167. The predicted molar refractivity (Wildman–Crippen MR) is 98.2 cm³/mol. The number of thiazole rings is 1. The number of pyridine rings is 1. The summed E-state index contributed by atoms with van der Waals surface area (Å²) in [6.45, 7) is 5.95. The van der Waals surface area contributed by atoms with Crippen molar-refractivity contribution in [1.29, 1.82) is 0 Å². The van der Waals surface area contributed by atoms with Gasteiger partial charge in [0.1, 0.15) is 10.7 Å². The van der Waals surface area contributed by atoms with E-state index in [0.29, 0.717) is 15.8 Å². The molecule has 0 saturated carbocycles. The van der Waals surface area contributed by atoms with Crippen LogP contribution in [0, 0.1) is 20.8 Å². The fourth-order valence-corrected chi connectivity index (χ4v) is 3.06. The Morgan fingerprint density at radius 2 is 1.83 bits per heavy atom. The summed E-state index contributed by atoms with van der Waals surface area (Å²) in [6.07, 6.45) is 3.31. The lowest BCUT2D eigenvalue weighted by molar-refractivity contribution is 0.103. The van der Waals surface area contributed by atoms with Crippen molar-refractivity contribution >= 4 is 33.9 Å². The fourth-order valence-electron chi connectivity index (χ4n) is 2.34. The number of rotatable bonds is 4. The molecule has 3 rings (SSSR count). The maximum Gasteiger partial charge on any atom is 0.267 e. The number of aromatic nitrogens is 2. The summed E-state index contributed by atoms with van der Waals surface area (Å²) in [5.74, 6) is 0.557. The molecule has 6 heteroatoms. The SMILES string of the molecule is Cc1ccnc(Nc2ncc(C(=O)Nc3c(C)cccc3C)s2)c1. The van der Waals surface area contributed by atoms with Gasteiger partial charge in [0.05, 0.1) is 6.20 Å². The van der Waals surface area contributed by atoms with Crippen LogP contribution in [0.15, 0.2) is 42.7 Å². The Labute approximate surface area is 144 Å². The number of amides is 1. The average Bonchev–Trinajstić information content (AvgIpc) is 2.99. The van der Waals surface area contributed by atoms with E-state index in [1.165, 1.54) is 11.3 Å². The van der Waals surface area contributed by atoms with Gasteiger partial charge < -0.3 is 10.6 Å². The summed E-state index contributed by atoms with van der Waals surface area (Å²) in [5.41, 5.74) is 4.04. The van der Waals surface area contributed by atoms with Gasteiger partial charge in [0.25, 0.3) is 5.91 Å². The lowest BCUT2D eigenvalue weighted by Gasteiger charge is -2.10. The lowest BCUT2D eigenvalue weighted by Crippen LogP contribution is -2.12. The summed E-state index contributed by atoms with van der Waals surface area (Å²) >= 11 is 1.30. The van der Waals surface area contributed by atoms with E-state index >= 15 is 0 Å². The number of hydrogen-bond acceptors (Lipinski definition) is 5. The Kier molecular flexibility index (Phi) is 4.57. The minimum Gasteiger partial charge on any atom is -0.321 e. The van der Waals surface area contributed by atoms with Crippen LogP contribution in [0.4, 0.5) is 16.6 Å². The Balaban J connectivity index is 1.74. The first-order chi connectivity index (χ1) is 11.5.